The zero-order chi connectivity index (χ0) is 19.5. The highest BCUT2D eigenvalue weighted by molar-refractivity contribution is 5.96. The quantitative estimate of drug-likeness (QED) is 0.648. The first kappa shape index (κ1) is 18.2. The molecule has 4 rings (SSSR count). The molecule has 1 aliphatic rings. The molecule has 28 heavy (non-hydrogen) atoms. The second-order valence-corrected chi connectivity index (χ2v) is 6.72. The van der Waals surface area contributed by atoms with E-state index in [9.17, 15) is 9.18 Å². The van der Waals surface area contributed by atoms with Crippen LogP contribution in [0.5, 0.6) is 5.75 Å². The molecule has 0 saturated carbocycles. The van der Waals surface area contributed by atoms with Crippen molar-refractivity contribution >= 4 is 11.6 Å². The molecular weight excluding hydrogens is 361 g/mol. The van der Waals surface area contributed by atoms with E-state index in [1.807, 2.05) is 24.3 Å². The Labute approximate surface area is 161 Å². The van der Waals surface area contributed by atoms with Crippen LogP contribution in [0, 0.1) is 5.82 Å². The zero-order valence-electron chi connectivity index (χ0n) is 15.5. The molecule has 0 radical (unpaired) electrons. The minimum absolute atomic E-state index is 0.0324. The molecule has 1 atom stereocenters. The fourth-order valence-corrected chi connectivity index (χ4v) is 3.23. The van der Waals surface area contributed by atoms with E-state index in [1.165, 1.54) is 17.7 Å². The molecule has 7 heteroatoms. The van der Waals surface area contributed by atoms with Gasteiger partial charge in [-0.25, -0.2) is 4.39 Å². The Morgan fingerprint density at radius 1 is 1.25 bits per heavy atom. The van der Waals surface area contributed by atoms with E-state index in [-0.39, 0.29) is 24.2 Å². The smallest absolute Gasteiger partial charge is 0.232 e. The molecule has 1 aliphatic heterocycles. The van der Waals surface area contributed by atoms with Gasteiger partial charge in [0, 0.05) is 24.7 Å². The third-order valence-electron chi connectivity index (χ3n) is 4.78. The predicted octanol–water partition coefficient (Wildman–Crippen LogP) is 3.87. The lowest BCUT2D eigenvalue weighted by Gasteiger charge is -2.16. The van der Waals surface area contributed by atoms with Gasteiger partial charge in [0.1, 0.15) is 11.6 Å². The number of carbonyl (C=O) groups excluding carboxylic acids is 1. The van der Waals surface area contributed by atoms with Crippen molar-refractivity contribution in [3.05, 3.63) is 71.6 Å². The highest BCUT2D eigenvalue weighted by Gasteiger charge is 2.35. The molecule has 0 bridgehead atoms. The minimum atomic E-state index is -0.372. The number of hydrogen-bond acceptors (Lipinski definition) is 5. The number of nitrogens with zero attached hydrogens (tertiary/aromatic N) is 3. The molecular formula is C21H20FN3O3. The van der Waals surface area contributed by atoms with Gasteiger partial charge in [-0.15, -0.1) is 0 Å². The Hall–Kier alpha value is -3.22. The van der Waals surface area contributed by atoms with Crippen molar-refractivity contribution in [2.75, 3.05) is 11.4 Å². The van der Waals surface area contributed by atoms with Crippen molar-refractivity contribution in [1.82, 2.24) is 10.1 Å². The number of hydrogen-bond donors (Lipinski definition) is 0. The first-order valence-corrected chi connectivity index (χ1v) is 9.22. The van der Waals surface area contributed by atoms with Crippen LogP contribution < -0.4 is 9.64 Å². The molecule has 0 N–H and O–H groups in total. The van der Waals surface area contributed by atoms with Crippen LogP contribution in [0.4, 0.5) is 10.1 Å². The van der Waals surface area contributed by atoms with Crippen LogP contribution in [0.1, 0.15) is 36.5 Å². The normalized spacial score (nSPS) is 16.6. The number of aromatic nitrogens is 2. The fourth-order valence-electron chi connectivity index (χ4n) is 3.23. The van der Waals surface area contributed by atoms with Crippen LogP contribution >= 0.6 is 0 Å². The van der Waals surface area contributed by atoms with Crippen molar-refractivity contribution in [3.63, 3.8) is 0 Å². The van der Waals surface area contributed by atoms with Crippen LogP contribution in [-0.2, 0) is 17.8 Å². The number of halogens is 1. The Morgan fingerprint density at radius 3 is 2.82 bits per heavy atom. The average molecular weight is 381 g/mol. The number of rotatable bonds is 6. The molecule has 0 spiro atoms. The summed E-state index contributed by atoms with van der Waals surface area (Å²) in [5, 5.41) is 3.91. The van der Waals surface area contributed by atoms with Gasteiger partial charge < -0.3 is 14.2 Å². The van der Waals surface area contributed by atoms with E-state index >= 15 is 0 Å². The summed E-state index contributed by atoms with van der Waals surface area (Å²) in [7, 11) is 0. The summed E-state index contributed by atoms with van der Waals surface area (Å²) in [6.45, 7) is 2.66. The van der Waals surface area contributed by atoms with Gasteiger partial charge in [0.25, 0.3) is 0 Å². The lowest BCUT2D eigenvalue weighted by atomic mass is 10.1. The maximum absolute atomic E-state index is 13.2. The van der Waals surface area contributed by atoms with Crippen LogP contribution in [0.2, 0.25) is 0 Å². The fraction of sp³-hybridized carbons (Fsp3) is 0.286. The van der Waals surface area contributed by atoms with E-state index in [4.69, 9.17) is 9.26 Å². The van der Waals surface area contributed by atoms with Gasteiger partial charge >= 0.3 is 0 Å². The van der Waals surface area contributed by atoms with Gasteiger partial charge in [0.05, 0.1) is 5.92 Å². The van der Waals surface area contributed by atoms with Gasteiger partial charge in [-0.3, -0.25) is 4.79 Å². The van der Waals surface area contributed by atoms with Crippen molar-refractivity contribution in [1.29, 1.82) is 0 Å². The van der Waals surface area contributed by atoms with Gasteiger partial charge in [0.15, 0.2) is 6.61 Å². The van der Waals surface area contributed by atoms with Crippen molar-refractivity contribution < 1.29 is 18.4 Å². The first-order valence-electron chi connectivity index (χ1n) is 9.22. The standard InChI is InChI=1S/C21H20FN3O3/c1-2-14-6-8-17(9-7-14)25-12-15(10-20(25)26)21-23-19(24-28-21)13-27-18-5-3-4-16(22)11-18/h3-9,11,15H,2,10,12-13H2,1H3/t15-/m0/s1. The summed E-state index contributed by atoms with van der Waals surface area (Å²) < 4.78 is 24.0. The van der Waals surface area contributed by atoms with Crippen molar-refractivity contribution in [2.24, 2.45) is 0 Å². The average Bonchev–Trinajstić information content (AvgIpc) is 3.33. The van der Waals surface area contributed by atoms with Crippen LogP contribution in [0.3, 0.4) is 0 Å². The molecule has 3 aromatic rings. The van der Waals surface area contributed by atoms with Crippen molar-refractivity contribution in [2.45, 2.75) is 32.3 Å². The summed E-state index contributed by atoms with van der Waals surface area (Å²) in [6.07, 6.45) is 1.28. The lowest BCUT2D eigenvalue weighted by molar-refractivity contribution is -0.117. The van der Waals surface area contributed by atoms with E-state index in [1.54, 1.807) is 17.0 Å². The van der Waals surface area contributed by atoms with Gasteiger partial charge in [-0.1, -0.05) is 30.3 Å². The third kappa shape index (κ3) is 3.88. The number of anilines is 1. The number of aryl methyl sites for hydroxylation is 1. The van der Waals surface area contributed by atoms with Crippen LogP contribution in [0.15, 0.2) is 53.1 Å². The number of benzene rings is 2. The molecule has 0 aliphatic carbocycles. The minimum Gasteiger partial charge on any atom is -0.485 e. The van der Waals surface area contributed by atoms with Gasteiger partial charge in [0.2, 0.25) is 17.6 Å². The van der Waals surface area contributed by atoms with Crippen LogP contribution in [0.25, 0.3) is 0 Å². The summed E-state index contributed by atoms with van der Waals surface area (Å²) >= 11 is 0. The predicted molar refractivity (Wildman–Crippen MR) is 101 cm³/mol. The zero-order valence-corrected chi connectivity index (χ0v) is 15.5. The molecule has 1 fully saturated rings. The molecule has 1 aromatic heterocycles. The Bertz CT molecular complexity index is 971. The maximum atomic E-state index is 13.2. The lowest BCUT2D eigenvalue weighted by Crippen LogP contribution is -2.24. The van der Waals surface area contributed by atoms with E-state index in [0.29, 0.717) is 30.4 Å². The highest BCUT2D eigenvalue weighted by Crippen LogP contribution is 2.31. The summed E-state index contributed by atoms with van der Waals surface area (Å²) in [4.78, 5) is 18.5. The van der Waals surface area contributed by atoms with Crippen LogP contribution in [-0.4, -0.2) is 22.6 Å². The monoisotopic (exact) mass is 381 g/mol. The molecule has 2 aromatic carbocycles. The molecule has 0 unspecified atom stereocenters. The Morgan fingerprint density at radius 2 is 2.07 bits per heavy atom. The summed E-state index contributed by atoms with van der Waals surface area (Å²) in [5.74, 6) is 0.669. The second kappa shape index (κ2) is 7.80. The Kier molecular flexibility index (Phi) is 5.06. The number of amides is 1. The van der Waals surface area contributed by atoms with E-state index < -0.39 is 0 Å². The SMILES string of the molecule is CCc1ccc(N2C[C@@H](c3nc(COc4cccc(F)c4)no3)CC2=O)cc1. The third-order valence-corrected chi connectivity index (χ3v) is 4.78. The summed E-state index contributed by atoms with van der Waals surface area (Å²) in [5.41, 5.74) is 2.10. The highest BCUT2D eigenvalue weighted by atomic mass is 19.1. The molecule has 6 nitrogen and oxygen atoms in total. The van der Waals surface area contributed by atoms with Gasteiger partial charge in [-0.2, -0.15) is 4.98 Å². The number of ether oxygens (including phenoxy) is 1. The summed E-state index contributed by atoms with van der Waals surface area (Å²) in [6, 6.07) is 13.8. The van der Waals surface area contributed by atoms with Gasteiger partial charge in [-0.05, 0) is 36.2 Å². The van der Waals surface area contributed by atoms with E-state index in [2.05, 4.69) is 17.1 Å². The Balaban J connectivity index is 1.40. The molecule has 2 heterocycles. The maximum Gasteiger partial charge on any atom is 0.232 e. The second-order valence-electron chi connectivity index (χ2n) is 6.72. The molecule has 144 valence electrons. The molecule has 1 saturated heterocycles. The largest absolute Gasteiger partial charge is 0.485 e. The van der Waals surface area contributed by atoms with E-state index in [0.717, 1.165) is 12.1 Å². The van der Waals surface area contributed by atoms with Crippen molar-refractivity contribution in [3.8, 4) is 5.75 Å². The molecule has 1 amide bonds. The topological polar surface area (TPSA) is 68.5 Å². The number of carbonyl (C=O) groups is 1. The first-order chi connectivity index (χ1) is 13.6.